The Morgan fingerprint density at radius 1 is 0.615 bits per heavy atom. The smallest absolute Gasteiger partial charge is 0.0813 e. The van der Waals surface area contributed by atoms with Crippen molar-refractivity contribution < 1.29 is 18.9 Å². The van der Waals surface area contributed by atoms with Crippen LogP contribution in [-0.4, -0.2) is 48.3 Å². The molecule has 0 saturated heterocycles. The van der Waals surface area contributed by atoms with Crippen molar-refractivity contribution in [3.63, 3.8) is 0 Å². The van der Waals surface area contributed by atoms with Crippen LogP contribution in [0.2, 0.25) is 0 Å². The lowest BCUT2D eigenvalue weighted by atomic mass is 10.0. The fraction of sp³-hybridized carbons (Fsp3) is 1.00. The molecule has 0 aromatic rings. The van der Waals surface area contributed by atoms with E-state index in [-0.39, 0.29) is 28.5 Å². The van der Waals surface area contributed by atoms with Crippen LogP contribution < -0.4 is 0 Å². The van der Waals surface area contributed by atoms with E-state index in [9.17, 15) is 0 Å². The molecule has 0 N–H and O–H groups in total. The fourth-order valence-corrected chi connectivity index (χ4v) is 2.34. The Bertz CT molecular complexity index is 375. The average Bonchev–Trinajstić information content (AvgIpc) is 2.39. The quantitative estimate of drug-likeness (QED) is 0.435. The van der Waals surface area contributed by atoms with E-state index >= 15 is 0 Å². The molecule has 0 aromatic carbocycles. The van der Waals surface area contributed by atoms with Gasteiger partial charge in [0.2, 0.25) is 0 Å². The Morgan fingerprint density at radius 3 is 1.42 bits per heavy atom. The summed E-state index contributed by atoms with van der Waals surface area (Å²) in [5, 5.41) is 0. The Kier molecular flexibility index (Phi) is 10.3. The van der Waals surface area contributed by atoms with Crippen LogP contribution in [0.4, 0.5) is 0 Å². The van der Waals surface area contributed by atoms with E-state index in [0.717, 1.165) is 19.3 Å². The van der Waals surface area contributed by atoms with Gasteiger partial charge in [-0.15, -0.1) is 0 Å². The molecule has 0 aliphatic carbocycles. The Balaban J connectivity index is 4.34. The van der Waals surface area contributed by atoms with Crippen molar-refractivity contribution in [2.24, 2.45) is 0 Å². The van der Waals surface area contributed by atoms with E-state index < -0.39 is 0 Å². The van der Waals surface area contributed by atoms with E-state index in [1.165, 1.54) is 0 Å². The van der Waals surface area contributed by atoms with Crippen LogP contribution in [0.1, 0.15) is 95.4 Å². The fourth-order valence-electron chi connectivity index (χ4n) is 2.34. The van der Waals surface area contributed by atoms with E-state index in [4.69, 9.17) is 18.9 Å². The van der Waals surface area contributed by atoms with E-state index in [2.05, 4.69) is 76.2 Å². The summed E-state index contributed by atoms with van der Waals surface area (Å²) in [6.45, 7) is 25.1. The topological polar surface area (TPSA) is 36.9 Å². The number of hydrogen-bond donors (Lipinski definition) is 0. The third-order valence-electron chi connectivity index (χ3n) is 4.08. The summed E-state index contributed by atoms with van der Waals surface area (Å²) in [5.74, 6) is 0. The second-order valence-corrected chi connectivity index (χ2v) is 10.4. The third kappa shape index (κ3) is 15.0. The van der Waals surface area contributed by atoms with Crippen molar-refractivity contribution in [1.82, 2.24) is 0 Å². The highest BCUT2D eigenvalue weighted by Gasteiger charge is 2.27. The first kappa shape index (κ1) is 25.8. The zero-order valence-corrected chi connectivity index (χ0v) is 19.5. The molecule has 1 atom stereocenters. The minimum Gasteiger partial charge on any atom is -0.376 e. The molecule has 0 rings (SSSR count). The molecule has 0 heterocycles. The minimum atomic E-state index is -0.227. The monoisotopic (exact) mass is 374 g/mol. The molecule has 158 valence electrons. The summed E-state index contributed by atoms with van der Waals surface area (Å²) >= 11 is 0. The SMILES string of the molecule is CCC(COC(C)(C)CCOC(C)(C)C)OC(C)(C)CCOC(C)(C)C. The molecule has 0 aliphatic heterocycles. The van der Waals surface area contributed by atoms with Gasteiger partial charge in [0.05, 0.1) is 35.1 Å². The Labute approximate surface area is 163 Å². The lowest BCUT2D eigenvalue weighted by molar-refractivity contribution is -0.146. The zero-order valence-electron chi connectivity index (χ0n) is 19.5. The van der Waals surface area contributed by atoms with Gasteiger partial charge in [0.25, 0.3) is 0 Å². The maximum atomic E-state index is 6.32. The van der Waals surface area contributed by atoms with Gasteiger partial charge < -0.3 is 18.9 Å². The molecular weight excluding hydrogens is 328 g/mol. The molecule has 0 amide bonds. The van der Waals surface area contributed by atoms with Crippen LogP contribution in [0.5, 0.6) is 0 Å². The number of hydrogen-bond acceptors (Lipinski definition) is 4. The number of rotatable bonds is 12. The minimum absolute atomic E-state index is 0.0856. The van der Waals surface area contributed by atoms with Crippen LogP contribution in [0.15, 0.2) is 0 Å². The summed E-state index contributed by atoms with van der Waals surface area (Å²) in [4.78, 5) is 0. The molecule has 0 radical (unpaired) electrons. The lowest BCUT2D eigenvalue weighted by Crippen LogP contribution is -2.38. The first-order valence-electron chi connectivity index (χ1n) is 10.1. The molecule has 4 heteroatoms. The van der Waals surface area contributed by atoms with Crippen molar-refractivity contribution in [3.8, 4) is 0 Å². The van der Waals surface area contributed by atoms with Gasteiger partial charge in [-0.25, -0.2) is 0 Å². The summed E-state index contributed by atoms with van der Waals surface area (Å²) < 4.78 is 24.2. The van der Waals surface area contributed by atoms with Gasteiger partial charge in [-0.2, -0.15) is 0 Å². The van der Waals surface area contributed by atoms with Crippen molar-refractivity contribution in [2.45, 2.75) is 124 Å². The van der Waals surface area contributed by atoms with Gasteiger partial charge in [-0.05, 0) is 88.5 Å². The van der Waals surface area contributed by atoms with Crippen LogP contribution in [0.3, 0.4) is 0 Å². The summed E-state index contributed by atoms with van der Waals surface area (Å²) in [6.07, 6.45) is 2.74. The molecule has 0 spiro atoms. The first-order valence-corrected chi connectivity index (χ1v) is 10.1. The van der Waals surface area contributed by atoms with Gasteiger partial charge in [-0.1, -0.05) is 6.92 Å². The van der Waals surface area contributed by atoms with Crippen molar-refractivity contribution in [1.29, 1.82) is 0 Å². The summed E-state index contributed by atoms with van der Waals surface area (Å²) in [5.41, 5.74) is -0.664. The van der Waals surface area contributed by atoms with Crippen molar-refractivity contribution in [3.05, 3.63) is 0 Å². The highest BCUT2D eigenvalue weighted by atomic mass is 16.6. The van der Waals surface area contributed by atoms with Gasteiger partial charge in [-0.3, -0.25) is 0 Å². The van der Waals surface area contributed by atoms with Crippen LogP contribution >= 0.6 is 0 Å². The summed E-state index contributed by atoms with van der Waals surface area (Å²) in [7, 11) is 0. The van der Waals surface area contributed by atoms with Crippen molar-refractivity contribution >= 4 is 0 Å². The molecule has 26 heavy (non-hydrogen) atoms. The predicted molar refractivity (Wildman–Crippen MR) is 110 cm³/mol. The van der Waals surface area contributed by atoms with Gasteiger partial charge >= 0.3 is 0 Å². The van der Waals surface area contributed by atoms with Crippen LogP contribution in [-0.2, 0) is 18.9 Å². The molecule has 0 fully saturated rings. The molecule has 0 saturated carbocycles. The molecule has 0 bridgehead atoms. The van der Waals surface area contributed by atoms with Gasteiger partial charge in [0.1, 0.15) is 0 Å². The highest BCUT2D eigenvalue weighted by molar-refractivity contribution is 4.75. The van der Waals surface area contributed by atoms with Crippen LogP contribution in [0.25, 0.3) is 0 Å². The van der Waals surface area contributed by atoms with Crippen molar-refractivity contribution in [2.75, 3.05) is 19.8 Å². The number of ether oxygens (including phenoxy) is 4. The molecule has 0 aromatic heterocycles. The molecule has 0 aliphatic rings. The standard InChI is InChI=1S/C22H46O4/c1-12-18(26-22(10,11)14-16-24-20(5,6)7)17-25-21(8,9)13-15-23-19(2,3)4/h18H,12-17H2,1-11H3. The largest absolute Gasteiger partial charge is 0.376 e. The second kappa shape index (κ2) is 10.4. The zero-order chi connectivity index (χ0) is 20.6. The Hall–Kier alpha value is -0.160. The van der Waals surface area contributed by atoms with Gasteiger partial charge in [0.15, 0.2) is 0 Å². The maximum Gasteiger partial charge on any atom is 0.0813 e. The van der Waals surface area contributed by atoms with E-state index in [1.54, 1.807) is 0 Å². The predicted octanol–water partition coefficient (Wildman–Crippen LogP) is 5.77. The molecule has 4 nitrogen and oxygen atoms in total. The Morgan fingerprint density at radius 2 is 1.04 bits per heavy atom. The van der Waals surface area contributed by atoms with Crippen LogP contribution in [0, 0.1) is 0 Å². The van der Waals surface area contributed by atoms with E-state index in [1.807, 2.05) is 0 Å². The van der Waals surface area contributed by atoms with Gasteiger partial charge in [0, 0.05) is 13.2 Å². The second-order valence-electron chi connectivity index (χ2n) is 10.4. The lowest BCUT2D eigenvalue weighted by Gasteiger charge is -2.34. The highest BCUT2D eigenvalue weighted by Crippen LogP contribution is 2.23. The third-order valence-corrected chi connectivity index (χ3v) is 4.08. The maximum absolute atomic E-state index is 6.32. The normalized spacial score (nSPS) is 15.3. The first-order chi connectivity index (χ1) is 11.6. The van der Waals surface area contributed by atoms with E-state index in [0.29, 0.717) is 19.8 Å². The molecule has 1 unspecified atom stereocenters. The molecular formula is C22H46O4. The summed E-state index contributed by atoms with van der Waals surface area (Å²) in [6, 6.07) is 0. The average molecular weight is 375 g/mol.